The second kappa shape index (κ2) is 6.90. The Hall–Kier alpha value is -0.870. The molecule has 4 nitrogen and oxygen atoms in total. The molecule has 0 aromatic carbocycles. The van der Waals surface area contributed by atoms with Gasteiger partial charge in [0, 0.05) is 24.3 Å². The van der Waals surface area contributed by atoms with Gasteiger partial charge >= 0.3 is 0 Å². The maximum Gasteiger partial charge on any atom is 0.0627 e. The topological polar surface area (TPSA) is 50.1 Å². The molecule has 1 aliphatic rings. The van der Waals surface area contributed by atoms with Crippen LogP contribution in [-0.2, 0) is 6.54 Å². The predicted octanol–water partition coefficient (Wildman–Crippen LogP) is 2.25. The fourth-order valence-electron chi connectivity index (χ4n) is 2.72. The first-order valence-corrected chi connectivity index (χ1v) is 7.22. The van der Waals surface area contributed by atoms with E-state index in [9.17, 15) is 5.11 Å². The SMILES string of the molecule is CCn1cc(C(CO)NC2CCCCCC2)cn1. The molecule has 2 N–H and O–H groups in total. The van der Waals surface area contributed by atoms with Crippen molar-refractivity contribution in [2.75, 3.05) is 6.61 Å². The van der Waals surface area contributed by atoms with Gasteiger partial charge in [-0.2, -0.15) is 5.10 Å². The first-order valence-electron chi connectivity index (χ1n) is 7.22. The first-order chi connectivity index (χ1) is 8.83. The van der Waals surface area contributed by atoms with Crippen LogP contribution in [0.2, 0.25) is 0 Å². The Morgan fingerprint density at radius 2 is 2.11 bits per heavy atom. The van der Waals surface area contributed by atoms with E-state index in [2.05, 4.69) is 17.3 Å². The summed E-state index contributed by atoms with van der Waals surface area (Å²) < 4.78 is 1.91. The Morgan fingerprint density at radius 3 is 2.67 bits per heavy atom. The van der Waals surface area contributed by atoms with Gasteiger partial charge in [0.05, 0.1) is 18.8 Å². The summed E-state index contributed by atoms with van der Waals surface area (Å²) in [5, 5.41) is 17.4. The van der Waals surface area contributed by atoms with Crippen LogP contribution < -0.4 is 5.32 Å². The number of rotatable bonds is 5. The van der Waals surface area contributed by atoms with Crippen molar-refractivity contribution in [3.63, 3.8) is 0 Å². The van der Waals surface area contributed by atoms with Gasteiger partial charge in [-0.05, 0) is 19.8 Å². The van der Waals surface area contributed by atoms with Gasteiger partial charge in [-0.25, -0.2) is 0 Å². The molecule has 0 saturated heterocycles. The molecule has 0 spiro atoms. The average Bonchev–Trinajstić information content (AvgIpc) is 2.73. The Morgan fingerprint density at radius 1 is 1.39 bits per heavy atom. The molecule has 1 saturated carbocycles. The van der Waals surface area contributed by atoms with E-state index in [0.717, 1.165) is 12.1 Å². The van der Waals surface area contributed by atoms with Crippen molar-refractivity contribution in [2.24, 2.45) is 0 Å². The lowest BCUT2D eigenvalue weighted by Crippen LogP contribution is -2.34. The van der Waals surface area contributed by atoms with Gasteiger partial charge < -0.3 is 10.4 Å². The van der Waals surface area contributed by atoms with E-state index in [-0.39, 0.29) is 12.6 Å². The van der Waals surface area contributed by atoms with Crippen LogP contribution in [0.1, 0.15) is 57.1 Å². The summed E-state index contributed by atoms with van der Waals surface area (Å²) >= 11 is 0. The second-order valence-corrected chi connectivity index (χ2v) is 5.22. The van der Waals surface area contributed by atoms with Gasteiger partial charge in [0.1, 0.15) is 0 Å². The molecule has 1 fully saturated rings. The predicted molar refractivity (Wildman–Crippen MR) is 72.4 cm³/mol. The van der Waals surface area contributed by atoms with Gasteiger partial charge in [-0.15, -0.1) is 0 Å². The normalized spacial score (nSPS) is 19.7. The van der Waals surface area contributed by atoms with Crippen molar-refractivity contribution in [1.82, 2.24) is 15.1 Å². The third kappa shape index (κ3) is 3.56. The summed E-state index contributed by atoms with van der Waals surface area (Å²) in [5.41, 5.74) is 1.10. The van der Waals surface area contributed by atoms with Crippen LogP contribution in [0.4, 0.5) is 0 Å². The quantitative estimate of drug-likeness (QED) is 0.789. The van der Waals surface area contributed by atoms with Crippen LogP contribution in [0.3, 0.4) is 0 Å². The molecule has 18 heavy (non-hydrogen) atoms. The number of aryl methyl sites for hydroxylation is 1. The lowest BCUT2D eigenvalue weighted by Gasteiger charge is -2.22. The Bertz CT molecular complexity index is 343. The highest BCUT2D eigenvalue weighted by Crippen LogP contribution is 2.21. The molecule has 2 rings (SSSR count). The van der Waals surface area contributed by atoms with E-state index < -0.39 is 0 Å². The summed E-state index contributed by atoms with van der Waals surface area (Å²) in [7, 11) is 0. The number of aromatic nitrogens is 2. The molecule has 102 valence electrons. The fourth-order valence-corrected chi connectivity index (χ4v) is 2.72. The molecule has 1 aliphatic carbocycles. The minimum Gasteiger partial charge on any atom is -0.394 e. The number of nitrogens with one attached hydrogen (secondary N) is 1. The maximum atomic E-state index is 9.56. The Balaban J connectivity index is 1.95. The smallest absolute Gasteiger partial charge is 0.0627 e. The van der Waals surface area contributed by atoms with Crippen LogP contribution in [0.5, 0.6) is 0 Å². The standard InChI is InChI=1S/C14H25N3O/c1-2-17-10-12(9-15-17)14(11-18)16-13-7-5-3-4-6-8-13/h9-10,13-14,16,18H,2-8,11H2,1H3. The van der Waals surface area contributed by atoms with Crippen LogP contribution in [-0.4, -0.2) is 27.5 Å². The monoisotopic (exact) mass is 251 g/mol. The van der Waals surface area contributed by atoms with E-state index in [1.54, 1.807) is 0 Å². The Labute approximate surface area is 109 Å². The van der Waals surface area contributed by atoms with Crippen LogP contribution in [0.25, 0.3) is 0 Å². The van der Waals surface area contributed by atoms with Crippen molar-refractivity contribution < 1.29 is 5.11 Å². The number of hydrogen-bond acceptors (Lipinski definition) is 3. The minimum absolute atomic E-state index is 0.0356. The van der Waals surface area contributed by atoms with Gasteiger partial charge in [0.15, 0.2) is 0 Å². The third-order valence-corrected chi connectivity index (χ3v) is 3.85. The molecular formula is C14H25N3O. The summed E-state index contributed by atoms with van der Waals surface area (Å²) in [6, 6.07) is 0.586. The number of nitrogens with zero attached hydrogens (tertiary/aromatic N) is 2. The van der Waals surface area contributed by atoms with E-state index >= 15 is 0 Å². The molecule has 1 atom stereocenters. The molecule has 0 radical (unpaired) electrons. The summed E-state index contributed by atoms with van der Waals surface area (Å²) in [4.78, 5) is 0. The summed E-state index contributed by atoms with van der Waals surface area (Å²) in [5.74, 6) is 0. The van der Waals surface area contributed by atoms with E-state index in [4.69, 9.17) is 0 Å². The second-order valence-electron chi connectivity index (χ2n) is 5.22. The Kier molecular flexibility index (Phi) is 5.20. The number of hydrogen-bond donors (Lipinski definition) is 2. The van der Waals surface area contributed by atoms with Crippen molar-refractivity contribution >= 4 is 0 Å². The van der Waals surface area contributed by atoms with Gasteiger partial charge in [0.25, 0.3) is 0 Å². The molecule has 1 heterocycles. The lowest BCUT2D eigenvalue weighted by atomic mass is 10.1. The van der Waals surface area contributed by atoms with Crippen LogP contribution in [0.15, 0.2) is 12.4 Å². The van der Waals surface area contributed by atoms with Crippen molar-refractivity contribution in [2.45, 2.75) is 64.1 Å². The van der Waals surface area contributed by atoms with Gasteiger partial charge in [-0.3, -0.25) is 4.68 Å². The van der Waals surface area contributed by atoms with Gasteiger partial charge in [0.2, 0.25) is 0 Å². The molecular weight excluding hydrogens is 226 g/mol. The molecule has 1 unspecified atom stereocenters. The highest BCUT2D eigenvalue weighted by molar-refractivity contribution is 5.10. The lowest BCUT2D eigenvalue weighted by molar-refractivity contribution is 0.228. The molecule has 0 amide bonds. The van der Waals surface area contributed by atoms with Crippen molar-refractivity contribution in [3.05, 3.63) is 18.0 Å². The maximum absolute atomic E-state index is 9.56. The molecule has 0 aliphatic heterocycles. The third-order valence-electron chi connectivity index (χ3n) is 3.85. The summed E-state index contributed by atoms with van der Waals surface area (Å²) in [6.45, 7) is 3.09. The van der Waals surface area contributed by atoms with Crippen LogP contribution >= 0.6 is 0 Å². The van der Waals surface area contributed by atoms with Crippen LogP contribution in [0, 0.1) is 0 Å². The average molecular weight is 251 g/mol. The van der Waals surface area contributed by atoms with Crippen molar-refractivity contribution in [3.8, 4) is 0 Å². The van der Waals surface area contributed by atoms with E-state index in [1.807, 2.05) is 17.1 Å². The zero-order valence-corrected chi connectivity index (χ0v) is 11.3. The fraction of sp³-hybridized carbons (Fsp3) is 0.786. The largest absolute Gasteiger partial charge is 0.394 e. The number of aliphatic hydroxyl groups is 1. The highest BCUT2D eigenvalue weighted by Gasteiger charge is 2.18. The molecule has 1 aromatic heterocycles. The van der Waals surface area contributed by atoms with Crippen molar-refractivity contribution in [1.29, 1.82) is 0 Å². The minimum atomic E-state index is 0.0356. The summed E-state index contributed by atoms with van der Waals surface area (Å²) in [6.07, 6.45) is 11.7. The molecule has 1 aromatic rings. The molecule has 4 heteroatoms. The number of aliphatic hydroxyl groups excluding tert-OH is 1. The molecule has 0 bridgehead atoms. The van der Waals surface area contributed by atoms with E-state index in [1.165, 1.54) is 38.5 Å². The zero-order chi connectivity index (χ0) is 12.8. The highest BCUT2D eigenvalue weighted by atomic mass is 16.3. The van der Waals surface area contributed by atoms with Gasteiger partial charge in [-0.1, -0.05) is 25.7 Å². The van der Waals surface area contributed by atoms with E-state index in [0.29, 0.717) is 6.04 Å². The first kappa shape index (κ1) is 13.6. The zero-order valence-electron chi connectivity index (χ0n) is 11.3.